The van der Waals surface area contributed by atoms with Gasteiger partial charge in [-0.2, -0.15) is 0 Å². The van der Waals surface area contributed by atoms with Crippen LogP contribution in [0.2, 0.25) is 0 Å². The lowest BCUT2D eigenvalue weighted by molar-refractivity contribution is 0.0511. The molecule has 0 atom stereocenters. The summed E-state index contributed by atoms with van der Waals surface area (Å²) in [6.07, 6.45) is 0.932. The number of benzene rings is 1. The molecule has 0 amide bonds. The molecule has 0 unspecified atom stereocenters. The summed E-state index contributed by atoms with van der Waals surface area (Å²) < 4.78 is 15.0. The van der Waals surface area contributed by atoms with Crippen LogP contribution in [0.15, 0.2) is 24.3 Å². The Bertz CT molecular complexity index is 216. The molecule has 0 saturated heterocycles. The van der Waals surface area contributed by atoms with Crippen LogP contribution in [0.3, 0.4) is 0 Å². The summed E-state index contributed by atoms with van der Waals surface area (Å²) in [5.74, 6) is 0.827. The minimum atomic E-state index is 0.289. The maximum Gasteiger partial charge on any atom is 0.188 e. The van der Waals surface area contributed by atoms with Crippen LogP contribution in [0.25, 0.3) is 0 Å². The highest BCUT2D eigenvalue weighted by atomic mass is 16.7. The zero-order valence-electron chi connectivity index (χ0n) is 8.66. The second kappa shape index (κ2) is 6.40. The summed E-state index contributed by atoms with van der Waals surface area (Å²) >= 11 is 0. The lowest BCUT2D eigenvalue weighted by atomic mass is 10.1. The SMILES string of the molecule is COCCc1ccc(OCOC)cc1. The Morgan fingerprint density at radius 1 is 1.00 bits per heavy atom. The normalized spacial score (nSPS) is 10.1. The average molecular weight is 196 g/mol. The molecule has 3 heteroatoms. The van der Waals surface area contributed by atoms with Gasteiger partial charge in [-0.15, -0.1) is 0 Å². The van der Waals surface area contributed by atoms with Gasteiger partial charge in [0.2, 0.25) is 0 Å². The van der Waals surface area contributed by atoms with Gasteiger partial charge >= 0.3 is 0 Å². The van der Waals surface area contributed by atoms with E-state index in [0.29, 0.717) is 0 Å². The third kappa shape index (κ3) is 3.77. The van der Waals surface area contributed by atoms with E-state index in [-0.39, 0.29) is 6.79 Å². The fraction of sp³-hybridized carbons (Fsp3) is 0.455. The smallest absolute Gasteiger partial charge is 0.188 e. The third-order valence-electron chi connectivity index (χ3n) is 1.86. The Kier molecular flexibility index (Phi) is 5.04. The van der Waals surface area contributed by atoms with Crippen molar-refractivity contribution in [3.05, 3.63) is 29.8 Å². The third-order valence-corrected chi connectivity index (χ3v) is 1.86. The van der Waals surface area contributed by atoms with E-state index in [4.69, 9.17) is 14.2 Å². The van der Waals surface area contributed by atoms with E-state index in [9.17, 15) is 0 Å². The van der Waals surface area contributed by atoms with E-state index in [2.05, 4.69) is 0 Å². The van der Waals surface area contributed by atoms with E-state index >= 15 is 0 Å². The van der Waals surface area contributed by atoms with Crippen LogP contribution in [0.1, 0.15) is 5.56 Å². The molecule has 14 heavy (non-hydrogen) atoms. The highest BCUT2D eigenvalue weighted by Gasteiger charge is 1.94. The molecule has 0 radical (unpaired) electrons. The van der Waals surface area contributed by atoms with Crippen molar-refractivity contribution < 1.29 is 14.2 Å². The lowest BCUT2D eigenvalue weighted by Gasteiger charge is -2.05. The van der Waals surface area contributed by atoms with Crippen LogP contribution in [-0.4, -0.2) is 27.6 Å². The molecule has 0 spiro atoms. The highest BCUT2D eigenvalue weighted by Crippen LogP contribution is 2.12. The molecule has 0 fully saturated rings. The Hall–Kier alpha value is -1.06. The predicted octanol–water partition coefficient (Wildman–Crippen LogP) is 1.86. The molecular formula is C11H16O3. The Morgan fingerprint density at radius 3 is 2.29 bits per heavy atom. The molecule has 0 saturated carbocycles. The second-order valence-corrected chi connectivity index (χ2v) is 2.94. The average Bonchev–Trinajstić information content (AvgIpc) is 2.25. The molecule has 0 N–H and O–H groups in total. The standard InChI is InChI=1S/C11H16O3/c1-12-8-7-10-3-5-11(6-4-10)14-9-13-2/h3-6H,7-9H2,1-2H3. The molecular weight excluding hydrogens is 180 g/mol. The van der Waals surface area contributed by atoms with Crippen molar-refractivity contribution in [2.45, 2.75) is 6.42 Å². The van der Waals surface area contributed by atoms with Gasteiger partial charge in [0.25, 0.3) is 0 Å². The monoisotopic (exact) mass is 196 g/mol. The number of rotatable bonds is 6. The summed E-state index contributed by atoms with van der Waals surface area (Å²) in [6, 6.07) is 7.93. The fourth-order valence-corrected chi connectivity index (χ4v) is 1.10. The molecule has 0 aliphatic carbocycles. The van der Waals surface area contributed by atoms with Gasteiger partial charge in [0.15, 0.2) is 6.79 Å². The Labute approximate surface area is 84.6 Å². The quantitative estimate of drug-likeness (QED) is 0.650. The maximum atomic E-state index is 5.26. The van der Waals surface area contributed by atoms with Crippen LogP contribution >= 0.6 is 0 Å². The van der Waals surface area contributed by atoms with Gasteiger partial charge < -0.3 is 14.2 Å². The molecule has 0 aliphatic heterocycles. The van der Waals surface area contributed by atoms with Crippen LogP contribution in [0.5, 0.6) is 5.75 Å². The fourth-order valence-electron chi connectivity index (χ4n) is 1.10. The summed E-state index contributed by atoms with van der Waals surface area (Å²) in [4.78, 5) is 0. The largest absolute Gasteiger partial charge is 0.468 e. The van der Waals surface area contributed by atoms with Crippen molar-refractivity contribution in [3.63, 3.8) is 0 Å². The molecule has 0 aromatic heterocycles. The van der Waals surface area contributed by atoms with E-state index in [1.165, 1.54) is 5.56 Å². The van der Waals surface area contributed by atoms with Gasteiger partial charge in [-0.05, 0) is 24.1 Å². The van der Waals surface area contributed by atoms with E-state index < -0.39 is 0 Å². The first-order valence-corrected chi connectivity index (χ1v) is 4.56. The molecule has 0 heterocycles. The highest BCUT2D eigenvalue weighted by molar-refractivity contribution is 5.27. The van der Waals surface area contributed by atoms with Crippen LogP contribution < -0.4 is 4.74 Å². The van der Waals surface area contributed by atoms with Crippen molar-refractivity contribution in [2.24, 2.45) is 0 Å². The Balaban J connectivity index is 2.42. The van der Waals surface area contributed by atoms with Crippen LogP contribution in [0, 0.1) is 0 Å². The zero-order chi connectivity index (χ0) is 10.2. The van der Waals surface area contributed by atoms with Gasteiger partial charge in [-0.3, -0.25) is 0 Å². The lowest BCUT2D eigenvalue weighted by Crippen LogP contribution is -1.99. The van der Waals surface area contributed by atoms with Crippen molar-refractivity contribution in [1.82, 2.24) is 0 Å². The zero-order valence-corrected chi connectivity index (χ0v) is 8.66. The topological polar surface area (TPSA) is 27.7 Å². The summed E-state index contributed by atoms with van der Waals surface area (Å²) in [5, 5.41) is 0. The summed E-state index contributed by atoms with van der Waals surface area (Å²) in [7, 11) is 3.31. The van der Waals surface area contributed by atoms with Gasteiger partial charge in [-0.25, -0.2) is 0 Å². The maximum absolute atomic E-state index is 5.26. The summed E-state index contributed by atoms with van der Waals surface area (Å²) in [5.41, 5.74) is 1.25. The minimum Gasteiger partial charge on any atom is -0.468 e. The van der Waals surface area contributed by atoms with Gasteiger partial charge in [0.05, 0.1) is 6.61 Å². The first-order chi connectivity index (χ1) is 6.86. The van der Waals surface area contributed by atoms with Gasteiger partial charge in [-0.1, -0.05) is 12.1 Å². The molecule has 78 valence electrons. The van der Waals surface area contributed by atoms with Gasteiger partial charge in [0, 0.05) is 14.2 Å². The molecule has 0 aliphatic rings. The predicted molar refractivity (Wildman–Crippen MR) is 54.5 cm³/mol. The van der Waals surface area contributed by atoms with Crippen molar-refractivity contribution >= 4 is 0 Å². The molecule has 1 rings (SSSR count). The minimum absolute atomic E-state index is 0.289. The van der Waals surface area contributed by atoms with Crippen molar-refractivity contribution in [1.29, 1.82) is 0 Å². The van der Waals surface area contributed by atoms with Gasteiger partial charge in [0.1, 0.15) is 5.75 Å². The number of hydrogen-bond donors (Lipinski definition) is 0. The van der Waals surface area contributed by atoms with E-state index in [0.717, 1.165) is 18.8 Å². The molecule has 3 nitrogen and oxygen atoms in total. The number of ether oxygens (including phenoxy) is 3. The van der Waals surface area contributed by atoms with Crippen LogP contribution in [-0.2, 0) is 15.9 Å². The van der Waals surface area contributed by atoms with E-state index in [1.807, 2.05) is 24.3 Å². The first-order valence-electron chi connectivity index (χ1n) is 4.56. The van der Waals surface area contributed by atoms with Crippen LogP contribution in [0.4, 0.5) is 0 Å². The van der Waals surface area contributed by atoms with Crippen molar-refractivity contribution in [2.75, 3.05) is 27.6 Å². The number of hydrogen-bond acceptors (Lipinski definition) is 3. The second-order valence-electron chi connectivity index (χ2n) is 2.94. The molecule has 1 aromatic carbocycles. The summed E-state index contributed by atoms with van der Waals surface area (Å²) in [6.45, 7) is 1.04. The molecule has 1 aromatic rings. The molecule has 0 bridgehead atoms. The number of methoxy groups -OCH3 is 2. The van der Waals surface area contributed by atoms with E-state index in [1.54, 1.807) is 14.2 Å². The first kappa shape index (κ1) is 11.0. The van der Waals surface area contributed by atoms with Crippen molar-refractivity contribution in [3.8, 4) is 5.75 Å². The Morgan fingerprint density at radius 2 is 1.71 bits per heavy atom.